The van der Waals surface area contributed by atoms with Crippen LogP contribution in [0.1, 0.15) is 47.7 Å². The number of sulfonamides is 1. The molecule has 320 valence electrons. The quantitative estimate of drug-likeness (QED) is 0.194. The first-order chi connectivity index (χ1) is 28.6. The molecule has 19 heteroatoms. The lowest BCUT2D eigenvalue weighted by Crippen LogP contribution is -2.54. The van der Waals surface area contributed by atoms with Gasteiger partial charge in [-0.3, -0.25) is 28.5 Å². The molecule has 0 saturated heterocycles. The van der Waals surface area contributed by atoms with Gasteiger partial charge in [-0.1, -0.05) is 30.3 Å². The Labute approximate surface area is 346 Å². The first kappa shape index (κ1) is 44.6. The number of hydrogen-bond donors (Lipinski definition) is 4. The second kappa shape index (κ2) is 20.0. The normalized spacial score (nSPS) is 17.8. The monoisotopic (exact) mass is 847 g/mol. The Bertz CT molecular complexity index is 2450. The maximum atomic E-state index is 14.1. The van der Waals surface area contributed by atoms with Crippen molar-refractivity contribution in [1.29, 1.82) is 0 Å². The summed E-state index contributed by atoms with van der Waals surface area (Å²) in [6.07, 6.45) is 1.70. The molecule has 2 atom stereocenters. The van der Waals surface area contributed by atoms with Gasteiger partial charge in [0.15, 0.2) is 16.4 Å². The molecular weight excluding hydrogens is 799 g/mol. The van der Waals surface area contributed by atoms with Crippen LogP contribution in [0.5, 0.6) is 23.0 Å². The Morgan fingerprint density at radius 2 is 1.57 bits per heavy atom. The fourth-order valence-corrected chi connectivity index (χ4v) is 7.97. The predicted molar refractivity (Wildman–Crippen MR) is 219 cm³/mol. The van der Waals surface area contributed by atoms with Crippen LogP contribution in [0, 0.1) is 0 Å². The minimum absolute atomic E-state index is 0.0125. The van der Waals surface area contributed by atoms with Crippen molar-refractivity contribution in [1.82, 2.24) is 34.7 Å². The molecule has 2 aliphatic rings. The Kier molecular flexibility index (Phi) is 14.9. The molecule has 4 N–H and O–H groups in total. The van der Waals surface area contributed by atoms with E-state index in [0.717, 1.165) is 27.7 Å². The van der Waals surface area contributed by atoms with Crippen LogP contribution in [-0.4, -0.2) is 91.4 Å². The molecule has 4 bridgehead atoms. The third-order valence-corrected chi connectivity index (χ3v) is 11.6. The maximum absolute atomic E-state index is 14.1. The van der Waals surface area contributed by atoms with Gasteiger partial charge in [0.05, 0.1) is 20.8 Å². The molecule has 0 radical (unpaired) electrons. The van der Waals surface area contributed by atoms with E-state index in [-0.39, 0.29) is 50.2 Å². The fourth-order valence-electron chi connectivity index (χ4n) is 6.39. The number of nitrogens with zero attached hydrogens (tertiary/aromatic N) is 3. The van der Waals surface area contributed by atoms with Crippen molar-refractivity contribution in [2.24, 2.45) is 14.1 Å². The van der Waals surface area contributed by atoms with Gasteiger partial charge in [-0.05, 0) is 68.5 Å². The number of hydrogen-bond acceptors (Lipinski definition) is 11. The van der Waals surface area contributed by atoms with Crippen LogP contribution in [0.15, 0.2) is 87.4 Å². The number of benzene rings is 3. The molecule has 4 amide bonds. The molecule has 0 saturated carbocycles. The van der Waals surface area contributed by atoms with Crippen LogP contribution < -0.4 is 46.7 Å². The highest BCUT2D eigenvalue weighted by Crippen LogP contribution is 2.35. The van der Waals surface area contributed by atoms with Crippen molar-refractivity contribution < 1.29 is 41.8 Å². The zero-order valence-corrected chi connectivity index (χ0v) is 34.8. The lowest BCUT2D eigenvalue weighted by molar-refractivity contribution is -0.132. The third kappa shape index (κ3) is 11.0. The molecule has 3 aromatic carbocycles. The second-order valence-electron chi connectivity index (χ2n) is 14.1. The van der Waals surface area contributed by atoms with Crippen molar-refractivity contribution >= 4 is 33.7 Å². The van der Waals surface area contributed by atoms with Crippen LogP contribution in [0.4, 0.5) is 0 Å². The summed E-state index contributed by atoms with van der Waals surface area (Å²) in [5.74, 6) is -1.24. The van der Waals surface area contributed by atoms with Gasteiger partial charge in [0, 0.05) is 57.1 Å². The van der Waals surface area contributed by atoms with Crippen molar-refractivity contribution in [3.63, 3.8) is 0 Å². The van der Waals surface area contributed by atoms with Crippen molar-refractivity contribution in [2.45, 2.75) is 56.1 Å². The molecule has 4 aromatic rings. The number of fused-ring (bicyclic) bond motifs is 18. The van der Waals surface area contributed by atoms with E-state index in [1.165, 1.54) is 34.3 Å². The highest BCUT2D eigenvalue weighted by atomic mass is 32.2. The van der Waals surface area contributed by atoms with Crippen LogP contribution in [0.2, 0.25) is 0 Å². The lowest BCUT2D eigenvalue weighted by Gasteiger charge is -2.25. The number of carbonyl (C=O) groups excluding carboxylic acids is 4. The summed E-state index contributed by atoms with van der Waals surface area (Å²) in [5.41, 5.74) is -0.144. The summed E-state index contributed by atoms with van der Waals surface area (Å²) < 4.78 is 47.7. The number of rotatable bonds is 7. The number of ether oxygens (including phenoxy) is 3. The van der Waals surface area contributed by atoms with E-state index in [1.807, 2.05) is 30.3 Å². The van der Waals surface area contributed by atoms with E-state index in [1.54, 1.807) is 30.3 Å². The average Bonchev–Trinajstić information content (AvgIpc) is 3.24. The summed E-state index contributed by atoms with van der Waals surface area (Å²) in [4.78, 5) is 78.9. The Morgan fingerprint density at radius 3 is 2.28 bits per heavy atom. The van der Waals surface area contributed by atoms with Gasteiger partial charge in [0.2, 0.25) is 17.7 Å². The van der Waals surface area contributed by atoms with E-state index < -0.39 is 68.4 Å². The molecule has 60 heavy (non-hydrogen) atoms. The zero-order chi connectivity index (χ0) is 43.6. The summed E-state index contributed by atoms with van der Waals surface area (Å²) in [6, 6.07) is 16.5. The Morgan fingerprint density at radius 1 is 0.833 bits per heavy atom. The Hall–Kier alpha value is -6.47. The summed E-state index contributed by atoms with van der Waals surface area (Å²) in [7, 11) is 0.619. The highest BCUT2D eigenvalue weighted by Gasteiger charge is 2.32. The molecule has 0 fully saturated rings. The number of aromatic nitrogens is 2. The predicted octanol–water partition coefficient (Wildman–Crippen LogP) is 1.35. The number of methoxy groups -OCH3 is 2. The van der Waals surface area contributed by atoms with Gasteiger partial charge in [-0.2, -0.15) is 4.31 Å². The minimum Gasteiger partial charge on any atom is -0.496 e. The fraction of sp³-hybridized carbons (Fsp3) is 0.366. The molecule has 0 spiro atoms. The van der Waals surface area contributed by atoms with Gasteiger partial charge >= 0.3 is 5.69 Å². The molecule has 3 heterocycles. The molecular formula is C41H49N7O11S. The number of aryl methyl sites for hydroxylation is 2. The standard InChI is InChI=1S/C41H49N7O11S/c1-26-37(50)43-23-29-14-16-30(22-33(29)58-5)59-34-21-28(15-18-32(34)57-4)38(51)42-19-9-10-20-48(60(55,56)35-24-46(2)41(54)47(3)40(35)53)25-36(49)45-31(39(52)44-26)17-13-27-11-7-6-8-12-27/h6-8,11-12,14-16,18,21-22,24,26,31H,9-10,13,17,19-20,23,25H2,1-5H3,(H,42,51)(H,43,50)(H,44,52)(H,45,49)/t26-,31-/m0/s1. The topological polar surface area (TPSA) is 225 Å². The van der Waals surface area contributed by atoms with Crippen LogP contribution in [-0.2, 0) is 51.5 Å². The molecule has 18 nitrogen and oxygen atoms in total. The first-order valence-electron chi connectivity index (χ1n) is 19.1. The number of carbonyl (C=O) groups is 4. The van der Waals surface area contributed by atoms with Gasteiger partial charge in [-0.25, -0.2) is 13.2 Å². The third-order valence-electron chi connectivity index (χ3n) is 9.81. The van der Waals surface area contributed by atoms with Gasteiger partial charge in [-0.15, -0.1) is 0 Å². The SMILES string of the molecule is COc1cc2ccc1CNC(=O)[C@H](C)NC(=O)[C@H](CCc1ccccc1)NC(=O)CN(S(=O)(=O)c1cn(C)c(=O)n(C)c1=O)CCCCNC(=O)c1ccc(OC)c(c1)O2. The molecule has 2 aliphatic heterocycles. The van der Waals surface area contributed by atoms with Crippen LogP contribution in [0.3, 0.4) is 0 Å². The van der Waals surface area contributed by atoms with Crippen LogP contribution >= 0.6 is 0 Å². The van der Waals surface area contributed by atoms with Crippen LogP contribution in [0.25, 0.3) is 0 Å². The van der Waals surface area contributed by atoms with Gasteiger partial charge in [0.25, 0.3) is 21.5 Å². The zero-order valence-electron chi connectivity index (χ0n) is 34.0. The van der Waals surface area contributed by atoms with E-state index in [0.29, 0.717) is 33.8 Å². The first-order valence-corrected chi connectivity index (χ1v) is 20.6. The van der Waals surface area contributed by atoms with E-state index in [2.05, 4.69) is 21.3 Å². The Balaban J connectivity index is 1.47. The average molecular weight is 848 g/mol. The van der Waals surface area contributed by atoms with E-state index >= 15 is 0 Å². The molecule has 0 aliphatic carbocycles. The van der Waals surface area contributed by atoms with E-state index in [9.17, 15) is 37.2 Å². The molecule has 1 aromatic heterocycles. The molecule has 6 rings (SSSR count). The minimum atomic E-state index is -4.72. The largest absolute Gasteiger partial charge is 0.496 e. The van der Waals surface area contributed by atoms with E-state index in [4.69, 9.17) is 14.2 Å². The number of nitrogens with one attached hydrogen (secondary N) is 4. The second-order valence-corrected chi connectivity index (χ2v) is 16.0. The number of amides is 4. The molecule has 0 unspecified atom stereocenters. The smallest absolute Gasteiger partial charge is 0.330 e. The maximum Gasteiger partial charge on any atom is 0.330 e. The summed E-state index contributed by atoms with van der Waals surface area (Å²) >= 11 is 0. The summed E-state index contributed by atoms with van der Waals surface area (Å²) in [5, 5.41) is 10.9. The highest BCUT2D eigenvalue weighted by molar-refractivity contribution is 7.89. The van der Waals surface area contributed by atoms with Crippen molar-refractivity contribution in [3.05, 3.63) is 110 Å². The van der Waals surface area contributed by atoms with Gasteiger partial charge < -0.3 is 40.0 Å². The lowest BCUT2D eigenvalue weighted by atomic mass is 10.0. The summed E-state index contributed by atoms with van der Waals surface area (Å²) in [6.45, 7) is 0.513. The van der Waals surface area contributed by atoms with Crippen molar-refractivity contribution in [3.8, 4) is 23.0 Å². The van der Waals surface area contributed by atoms with Crippen molar-refractivity contribution in [2.75, 3.05) is 33.9 Å². The van der Waals surface area contributed by atoms with Gasteiger partial charge in [0.1, 0.15) is 23.6 Å².